The van der Waals surface area contributed by atoms with Gasteiger partial charge in [0.15, 0.2) is 0 Å². The van der Waals surface area contributed by atoms with Crippen molar-refractivity contribution in [1.82, 2.24) is 20.0 Å². The normalized spacial score (nSPS) is 17.9. The third-order valence-electron chi connectivity index (χ3n) is 2.83. The van der Waals surface area contributed by atoms with Gasteiger partial charge in [-0.3, -0.25) is 4.79 Å². The van der Waals surface area contributed by atoms with Gasteiger partial charge in [-0.1, -0.05) is 11.3 Å². The predicted octanol–water partition coefficient (Wildman–Crippen LogP) is 0.357. The van der Waals surface area contributed by atoms with Gasteiger partial charge in [0, 0.05) is 26.7 Å². The van der Waals surface area contributed by atoms with E-state index in [1.807, 2.05) is 4.90 Å². The zero-order valence-electron chi connectivity index (χ0n) is 10.1. The van der Waals surface area contributed by atoms with E-state index in [0.29, 0.717) is 10.1 Å². The van der Waals surface area contributed by atoms with E-state index in [2.05, 4.69) is 27.5 Å². The zero-order valence-corrected chi connectivity index (χ0v) is 11.0. The Labute approximate surface area is 105 Å². The summed E-state index contributed by atoms with van der Waals surface area (Å²) in [5.41, 5.74) is 0. The third-order valence-corrected chi connectivity index (χ3v) is 3.76. The van der Waals surface area contributed by atoms with E-state index < -0.39 is 0 Å². The number of hydrogen-bond donors (Lipinski definition) is 1. The summed E-state index contributed by atoms with van der Waals surface area (Å²) in [6, 6.07) is 0. The van der Waals surface area contributed by atoms with Gasteiger partial charge in [0.05, 0.1) is 0 Å². The second kappa shape index (κ2) is 5.42. The molecule has 1 N–H and O–H groups in total. The van der Waals surface area contributed by atoms with Crippen LogP contribution in [0.2, 0.25) is 0 Å². The average molecular weight is 255 g/mol. The summed E-state index contributed by atoms with van der Waals surface area (Å²) in [7, 11) is 3.85. The first-order valence-corrected chi connectivity index (χ1v) is 6.51. The zero-order chi connectivity index (χ0) is 12.3. The molecule has 94 valence electrons. The molecule has 1 aliphatic rings. The molecular weight excluding hydrogens is 238 g/mol. The molecule has 1 aromatic heterocycles. The second-order valence-corrected chi connectivity index (χ2v) is 5.09. The number of likely N-dealkylation sites (N-methyl/N-ethyl adjacent to an activating group) is 1. The predicted molar refractivity (Wildman–Crippen MR) is 67.5 cm³/mol. The Hall–Kier alpha value is -1.21. The lowest BCUT2D eigenvalue weighted by atomic mass is 10.4. The molecule has 0 atom stereocenters. The molecule has 0 bridgehead atoms. The minimum Gasteiger partial charge on any atom is -0.363 e. The Morgan fingerprint density at radius 1 is 1.29 bits per heavy atom. The van der Waals surface area contributed by atoms with Gasteiger partial charge in [-0.15, -0.1) is 10.2 Å². The molecule has 2 rings (SSSR count). The largest absolute Gasteiger partial charge is 0.363 e. The fraction of sp³-hybridized carbons (Fsp3) is 0.700. The summed E-state index contributed by atoms with van der Waals surface area (Å²) in [4.78, 5) is 16.3. The van der Waals surface area contributed by atoms with E-state index >= 15 is 0 Å². The molecule has 2 heterocycles. The smallest absolute Gasteiger partial charge is 0.284 e. The van der Waals surface area contributed by atoms with Crippen molar-refractivity contribution < 1.29 is 4.79 Å². The maximum atomic E-state index is 12.2. The Morgan fingerprint density at radius 2 is 2.12 bits per heavy atom. The fourth-order valence-electron chi connectivity index (χ4n) is 1.80. The summed E-state index contributed by atoms with van der Waals surface area (Å²) < 4.78 is 0. The van der Waals surface area contributed by atoms with E-state index in [1.54, 1.807) is 7.05 Å². The number of nitrogens with zero attached hydrogens (tertiary/aromatic N) is 4. The van der Waals surface area contributed by atoms with Crippen LogP contribution in [0.5, 0.6) is 0 Å². The number of carbonyl (C=O) groups is 1. The van der Waals surface area contributed by atoms with Crippen molar-refractivity contribution in [2.75, 3.05) is 45.6 Å². The van der Waals surface area contributed by atoms with Gasteiger partial charge >= 0.3 is 0 Å². The van der Waals surface area contributed by atoms with E-state index in [-0.39, 0.29) is 5.91 Å². The van der Waals surface area contributed by atoms with Crippen LogP contribution in [0.25, 0.3) is 0 Å². The van der Waals surface area contributed by atoms with Crippen molar-refractivity contribution in [2.45, 2.75) is 6.42 Å². The highest BCUT2D eigenvalue weighted by molar-refractivity contribution is 7.17. The lowest BCUT2D eigenvalue weighted by Gasteiger charge is -2.18. The SMILES string of the molecule is CNc1nnc(C(=O)N2CCCN(C)CC2)s1. The minimum absolute atomic E-state index is 0.000648. The monoisotopic (exact) mass is 255 g/mol. The molecule has 6 nitrogen and oxygen atoms in total. The van der Waals surface area contributed by atoms with Crippen molar-refractivity contribution in [3.8, 4) is 0 Å². The molecule has 1 saturated heterocycles. The van der Waals surface area contributed by atoms with Crippen molar-refractivity contribution in [1.29, 1.82) is 0 Å². The van der Waals surface area contributed by atoms with Crippen LogP contribution in [0, 0.1) is 0 Å². The highest BCUT2D eigenvalue weighted by Crippen LogP contribution is 2.16. The third kappa shape index (κ3) is 2.92. The van der Waals surface area contributed by atoms with E-state index in [4.69, 9.17) is 0 Å². The van der Waals surface area contributed by atoms with Gasteiger partial charge in [-0.05, 0) is 20.0 Å². The fourth-order valence-corrected chi connectivity index (χ4v) is 2.46. The molecule has 0 spiro atoms. The molecule has 1 aromatic rings. The molecule has 17 heavy (non-hydrogen) atoms. The molecule has 1 fully saturated rings. The van der Waals surface area contributed by atoms with Crippen LogP contribution >= 0.6 is 11.3 Å². The van der Waals surface area contributed by atoms with Crippen LogP contribution in [-0.4, -0.2) is 66.2 Å². The number of amides is 1. The molecule has 0 aromatic carbocycles. The number of rotatable bonds is 2. The standard InChI is InChI=1S/C10H17N5OS/c1-11-10-13-12-8(17-10)9(16)15-5-3-4-14(2)6-7-15/h3-7H2,1-2H3,(H,11,13). The number of anilines is 1. The summed E-state index contributed by atoms with van der Waals surface area (Å²) in [6.45, 7) is 3.53. The van der Waals surface area contributed by atoms with Crippen molar-refractivity contribution in [3.05, 3.63) is 5.01 Å². The van der Waals surface area contributed by atoms with Gasteiger partial charge in [0.1, 0.15) is 0 Å². The molecule has 0 radical (unpaired) electrons. The van der Waals surface area contributed by atoms with Gasteiger partial charge in [0.2, 0.25) is 10.1 Å². The van der Waals surface area contributed by atoms with Gasteiger partial charge in [0.25, 0.3) is 5.91 Å². The maximum absolute atomic E-state index is 12.2. The quantitative estimate of drug-likeness (QED) is 0.826. The number of aromatic nitrogens is 2. The molecule has 0 saturated carbocycles. The van der Waals surface area contributed by atoms with Crippen LogP contribution in [0.1, 0.15) is 16.2 Å². The highest BCUT2D eigenvalue weighted by Gasteiger charge is 2.22. The number of nitrogens with one attached hydrogen (secondary N) is 1. The molecule has 0 aliphatic carbocycles. The van der Waals surface area contributed by atoms with Gasteiger partial charge in [-0.2, -0.15) is 0 Å². The molecule has 1 aliphatic heterocycles. The van der Waals surface area contributed by atoms with Gasteiger partial charge < -0.3 is 15.1 Å². The van der Waals surface area contributed by atoms with Gasteiger partial charge in [-0.25, -0.2) is 0 Å². The second-order valence-electron chi connectivity index (χ2n) is 4.11. The van der Waals surface area contributed by atoms with Crippen LogP contribution in [0.3, 0.4) is 0 Å². The van der Waals surface area contributed by atoms with Crippen molar-refractivity contribution in [3.63, 3.8) is 0 Å². The lowest BCUT2D eigenvalue weighted by Crippen LogP contribution is -2.34. The topological polar surface area (TPSA) is 61.4 Å². The van der Waals surface area contributed by atoms with E-state index in [0.717, 1.165) is 32.6 Å². The summed E-state index contributed by atoms with van der Waals surface area (Å²) in [5.74, 6) is -0.000648. The number of hydrogen-bond acceptors (Lipinski definition) is 6. The molecular formula is C10H17N5OS. The van der Waals surface area contributed by atoms with E-state index in [1.165, 1.54) is 11.3 Å². The molecule has 0 unspecified atom stereocenters. The van der Waals surface area contributed by atoms with Crippen LogP contribution in [0.4, 0.5) is 5.13 Å². The van der Waals surface area contributed by atoms with Crippen molar-refractivity contribution in [2.24, 2.45) is 0 Å². The highest BCUT2D eigenvalue weighted by atomic mass is 32.1. The first-order valence-electron chi connectivity index (χ1n) is 5.70. The average Bonchev–Trinajstić information content (AvgIpc) is 2.71. The lowest BCUT2D eigenvalue weighted by molar-refractivity contribution is 0.0761. The Kier molecular flexibility index (Phi) is 3.90. The Bertz CT molecular complexity index is 394. The molecule has 7 heteroatoms. The molecule has 1 amide bonds. The Morgan fingerprint density at radius 3 is 2.82 bits per heavy atom. The maximum Gasteiger partial charge on any atom is 0.284 e. The first-order chi connectivity index (χ1) is 8.20. The van der Waals surface area contributed by atoms with E-state index in [9.17, 15) is 4.79 Å². The van der Waals surface area contributed by atoms with Crippen LogP contribution in [0.15, 0.2) is 0 Å². The Balaban J connectivity index is 2.03. The summed E-state index contributed by atoms with van der Waals surface area (Å²) in [6.07, 6.45) is 1.01. The van der Waals surface area contributed by atoms with Crippen LogP contribution in [-0.2, 0) is 0 Å². The minimum atomic E-state index is -0.000648. The van der Waals surface area contributed by atoms with Crippen LogP contribution < -0.4 is 5.32 Å². The summed E-state index contributed by atoms with van der Waals surface area (Å²) >= 11 is 1.30. The van der Waals surface area contributed by atoms with Crippen molar-refractivity contribution >= 4 is 22.4 Å². The summed E-state index contributed by atoms with van der Waals surface area (Å²) in [5, 5.41) is 11.8. The first kappa shape index (κ1) is 12.3. The number of carbonyl (C=O) groups excluding carboxylic acids is 1.